The molecule has 2 aliphatic heterocycles. The summed E-state index contributed by atoms with van der Waals surface area (Å²) < 4.78 is 0. The van der Waals surface area contributed by atoms with Gasteiger partial charge in [0.2, 0.25) is 5.91 Å². The molecule has 0 radical (unpaired) electrons. The average Bonchev–Trinajstić information content (AvgIpc) is 2.85. The molecule has 0 bridgehead atoms. The zero-order valence-corrected chi connectivity index (χ0v) is 16.9. The van der Waals surface area contributed by atoms with Crippen molar-refractivity contribution in [3.8, 4) is 0 Å². The van der Waals surface area contributed by atoms with Crippen molar-refractivity contribution in [2.24, 2.45) is 0 Å². The zero-order chi connectivity index (χ0) is 20.1. The van der Waals surface area contributed by atoms with Crippen LogP contribution in [0.15, 0.2) is 12.4 Å². The van der Waals surface area contributed by atoms with Gasteiger partial charge in [0.15, 0.2) is 0 Å². The molecule has 28 heavy (non-hydrogen) atoms. The Bertz CT molecular complexity index is 688. The Hall–Kier alpha value is -2.06. The van der Waals surface area contributed by atoms with Gasteiger partial charge in [-0.05, 0) is 39.0 Å². The minimum Gasteiger partial charge on any atom is -0.388 e. The topological polar surface area (TPSA) is 98.7 Å². The number of aromatic nitrogens is 2. The number of β-amino-alcohol motifs (C(OH)–C–C–N with tert-alkyl or cyclic N) is 1. The van der Waals surface area contributed by atoms with Gasteiger partial charge in [-0.1, -0.05) is 0 Å². The summed E-state index contributed by atoms with van der Waals surface area (Å²) >= 11 is 0. The fraction of sp³-hybridized carbons (Fsp3) is 0.700. The third-order valence-electron chi connectivity index (χ3n) is 5.72. The van der Waals surface area contributed by atoms with Crippen molar-refractivity contribution in [2.75, 3.05) is 32.7 Å². The molecule has 0 spiro atoms. The van der Waals surface area contributed by atoms with Gasteiger partial charge in [0, 0.05) is 51.9 Å². The molecular weight excluding hydrogens is 358 g/mol. The van der Waals surface area contributed by atoms with Gasteiger partial charge in [-0.25, -0.2) is 4.98 Å². The van der Waals surface area contributed by atoms with Gasteiger partial charge in [0.25, 0.3) is 5.91 Å². The minimum atomic E-state index is -0.783. The molecule has 3 heterocycles. The van der Waals surface area contributed by atoms with Gasteiger partial charge in [0.1, 0.15) is 5.69 Å². The lowest BCUT2D eigenvalue weighted by atomic mass is 9.93. The average molecular weight is 390 g/mol. The lowest BCUT2D eigenvalue weighted by Gasteiger charge is -2.38. The second-order valence-corrected chi connectivity index (χ2v) is 8.16. The standard InChI is InChI=1S/C20H31N5O3/c1-15-12-22-18(13-21-15)19(27)25-8-3-6-20(28,7-11-25)14-24-9-4-17(5-10-24)23-16(2)26/h12-13,17,28H,3-11,14H2,1-2H3,(H,23,26)/t20-/m1/s1. The summed E-state index contributed by atoms with van der Waals surface area (Å²) in [7, 11) is 0. The maximum atomic E-state index is 12.7. The first-order chi connectivity index (χ1) is 13.3. The maximum absolute atomic E-state index is 12.7. The molecule has 0 unspecified atom stereocenters. The number of carbonyl (C=O) groups is 2. The Morgan fingerprint density at radius 1 is 1.18 bits per heavy atom. The molecule has 1 atom stereocenters. The van der Waals surface area contributed by atoms with Crippen LogP contribution in [0, 0.1) is 6.92 Å². The van der Waals surface area contributed by atoms with Crippen LogP contribution in [0.25, 0.3) is 0 Å². The van der Waals surface area contributed by atoms with Gasteiger partial charge < -0.3 is 20.2 Å². The van der Waals surface area contributed by atoms with Crippen molar-refractivity contribution >= 4 is 11.8 Å². The highest BCUT2D eigenvalue weighted by Gasteiger charge is 2.34. The van der Waals surface area contributed by atoms with Crippen LogP contribution >= 0.6 is 0 Å². The van der Waals surface area contributed by atoms with E-state index in [1.807, 2.05) is 6.92 Å². The second kappa shape index (κ2) is 8.96. The minimum absolute atomic E-state index is 0.0175. The van der Waals surface area contributed by atoms with Gasteiger partial charge in [-0.2, -0.15) is 0 Å². The molecule has 0 aliphatic carbocycles. The van der Waals surface area contributed by atoms with Crippen molar-refractivity contribution < 1.29 is 14.7 Å². The van der Waals surface area contributed by atoms with E-state index in [2.05, 4.69) is 20.2 Å². The van der Waals surface area contributed by atoms with E-state index in [0.29, 0.717) is 38.2 Å². The lowest BCUT2D eigenvalue weighted by Crippen LogP contribution is -2.50. The molecule has 154 valence electrons. The molecule has 1 aromatic heterocycles. The van der Waals surface area contributed by atoms with E-state index in [0.717, 1.165) is 38.0 Å². The SMILES string of the molecule is CC(=O)NC1CCN(C[C@@]2(O)CCCN(C(=O)c3cnc(C)cn3)CC2)CC1. The van der Waals surface area contributed by atoms with E-state index in [1.165, 1.54) is 6.20 Å². The second-order valence-electron chi connectivity index (χ2n) is 8.16. The Morgan fingerprint density at radius 2 is 1.93 bits per heavy atom. The summed E-state index contributed by atoms with van der Waals surface area (Å²) in [6.45, 7) is 6.90. The number of aliphatic hydroxyl groups is 1. The molecule has 2 aliphatic rings. The molecular formula is C20H31N5O3. The molecule has 2 N–H and O–H groups in total. The van der Waals surface area contributed by atoms with Crippen LogP contribution < -0.4 is 5.32 Å². The Balaban J connectivity index is 1.52. The number of nitrogens with zero attached hydrogens (tertiary/aromatic N) is 4. The van der Waals surface area contributed by atoms with Gasteiger partial charge in [-0.3, -0.25) is 14.6 Å². The number of rotatable bonds is 4. The quantitative estimate of drug-likeness (QED) is 0.788. The summed E-state index contributed by atoms with van der Waals surface area (Å²) in [5.74, 6) is -0.100. The number of likely N-dealkylation sites (tertiary alicyclic amines) is 2. The van der Waals surface area contributed by atoms with Crippen molar-refractivity contribution in [1.29, 1.82) is 0 Å². The summed E-state index contributed by atoms with van der Waals surface area (Å²) in [5, 5.41) is 14.1. The fourth-order valence-electron chi connectivity index (χ4n) is 4.14. The fourth-order valence-corrected chi connectivity index (χ4v) is 4.14. The molecule has 8 heteroatoms. The Labute approximate surface area is 166 Å². The van der Waals surface area contributed by atoms with Gasteiger partial charge in [0.05, 0.1) is 17.5 Å². The molecule has 2 fully saturated rings. The molecule has 1 aromatic rings. The Kier molecular flexibility index (Phi) is 6.61. The number of carbonyl (C=O) groups excluding carboxylic acids is 2. The van der Waals surface area contributed by atoms with E-state index in [-0.39, 0.29) is 17.9 Å². The van der Waals surface area contributed by atoms with Gasteiger partial charge in [-0.15, -0.1) is 0 Å². The van der Waals surface area contributed by atoms with Crippen LogP contribution in [0.1, 0.15) is 55.2 Å². The van der Waals surface area contributed by atoms with E-state index in [4.69, 9.17) is 0 Å². The highest BCUT2D eigenvalue weighted by molar-refractivity contribution is 5.92. The van der Waals surface area contributed by atoms with Crippen LogP contribution in [-0.2, 0) is 4.79 Å². The third kappa shape index (κ3) is 5.48. The van der Waals surface area contributed by atoms with Crippen molar-refractivity contribution in [3.05, 3.63) is 23.8 Å². The van der Waals surface area contributed by atoms with Crippen LogP contribution in [0.4, 0.5) is 0 Å². The normalized spacial score (nSPS) is 24.6. The van der Waals surface area contributed by atoms with Gasteiger partial charge >= 0.3 is 0 Å². The number of hydrogen-bond acceptors (Lipinski definition) is 6. The number of piperidine rings is 1. The summed E-state index contributed by atoms with van der Waals surface area (Å²) in [4.78, 5) is 36.3. The largest absolute Gasteiger partial charge is 0.388 e. The van der Waals surface area contributed by atoms with Crippen LogP contribution in [0.3, 0.4) is 0 Å². The van der Waals surface area contributed by atoms with Crippen molar-refractivity contribution in [2.45, 2.75) is 57.6 Å². The van der Waals surface area contributed by atoms with E-state index >= 15 is 0 Å². The van der Waals surface area contributed by atoms with E-state index in [9.17, 15) is 14.7 Å². The predicted molar refractivity (Wildman–Crippen MR) is 105 cm³/mol. The summed E-state index contributed by atoms with van der Waals surface area (Å²) in [6.07, 6.45) is 6.95. The van der Waals surface area contributed by atoms with Crippen molar-refractivity contribution in [3.63, 3.8) is 0 Å². The maximum Gasteiger partial charge on any atom is 0.274 e. The van der Waals surface area contributed by atoms with E-state index < -0.39 is 5.60 Å². The predicted octanol–water partition coefficient (Wildman–Crippen LogP) is 0.743. The smallest absolute Gasteiger partial charge is 0.274 e. The Morgan fingerprint density at radius 3 is 2.57 bits per heavy atom. The third-order valence-corrected chi connectivity index (χ3v) is 5.72. The first-order valence-electron chi connectivity index (χ1n) is 10.1. The molecule has 0 saturated carbocycles. The van der Waals surface area contributed by atoms with Crippen molar-refractivity contribution in [1.82, 2.24) is 25.1 Å². The number of hydrogen-bond donors (Lipinski definition) is 2. The zero-order valence-electron chi connectivity index (χ0n) is 16.9. The summed E-state index contributed by atoms with van der Waals surface area (Å²) in [5.41, 5.74) is 0.356. The van der Waals surface area contributed by atoms with Crippen LogP contribution in [0.2, 0.25) is 0 Å². The van der Waals surface area contributed by atoms with Crippen LogP contribution in [-0.4, -0.2) is 81.1 Å². The molecule has 2 saturated heterocycles. The van der Waals surface area contributed by atoms with Crippen LogP contribution in [0.5, 0.6) is 0 Å². The lowest BCUT2D eigenvalue weighted by molar-refractivity contribution is -0.120. The number of nitrogens with one attached hydrogen (secondary N) is 1. The first kappa shape index (κ1) is 20.7. The molecule has 3 rings (SSSR count). The van der Waals surface area contributed by atoms with E-state index in [1.54, 1.807) is 18.0 Å². The number of amides is 2. The highest BCUT2D eigenvalue weighted by atomic mass is 16.3. The monoisotopic (exact) mass is 389 g/mol. The highest BCUT2D eigenvalue weighted by Crippen LogP contribution is 2.25. The molecule has 8 nitrogen and oxygen atoms in total. The summed E-state index contributed by atoms with van der Waals surface area (Å²) in [6, 6.07) is 0.237. The molecule has 2 amide bonds. The first-order valence-corrected chi connectivity index (χ1v) is 10.1. The molecule has 0 aromatic carbocycles. The number of aryl methyl sites for hydroxylation is 1.